The number of nitrogens with zero attached hydrogens (tertiary/aromatic N) is 1. The van der Waals surface area contributed by atoms with E-state index >= 15 is 0 Å². The third-order valence-corrected chi connectivity index (χ3v) is 3.16. The normalized spacial score (nSPS) is 9.71. The van der Waals surface area contributed by atoms with E-state index < -0.39 is 0 Å². The van der Waals surface area contributed by atoms with Gasteiger partial charge >= 0.3 is 0 Å². The number of halogens is 1. The molecule has 0 aromatic heterocycles. The van der Waals surface area contributed by atoms with Crippen molar-refractivity contribution in [1.29, 1.82) is 5.26 Å². The molecule has 0 bridgehead atoms. The van der Waals surface area contributed by atoms with Crippen LogP contribution in [0.1, 0.15) is 5.56 Å². The van der Waals surface area contributed by atoms with Crippen molar-refractivity contribution in [3.63, 3.8) is 0 Å². The summed E-state index contributed by atoms with van der Waals surface area (Å²) < 4.78 is 0. The zero-order valence-electron chi connectivity index (χ0n) is 11.3. The molecule has 4 nitrogen and oxygen atoms in total. The highest BCUT2D eigenvalue weighted by Gasteiger charge is 2.04. The molecule has 0 saturated heterocycles. The van der Waals surface area contributed by atoms with E-state index in [4.69, 9.17) is 16.9 Å². The molecule has 0 radical (unpaired) electrons. The molecule has 0 spiro atoms. The lowest BCUT2D eigenvalue weighted by atomic mass is 10.1. The molecule has 0 unspecified atom stereocenters. The maximum Gasteiger partial charge on any atom is 0.243 e. The summed E-state index contributed by atoms with van der Waals surface area (Å²) in [4.78, 5) is 11.8. The number of hydrogen-bond acceptors (Lipinski definition) is 3. The Hall–Kier alpha value is -2.51. The van der Waals surface area contributed by atoms with Gasteiger partial charge in [-0.15, -0.1) is 0 Å². The standard InChI is InChI=1S/C16H14ClN3O/c17-14-3-1-2-4-15(14)19-11-16(21)20-13-7-5-12(6-8-13)9-10-18/h1-8,19H,9,11H2,(H,20,21). The Morgan fingerprint density at radius 1 is 1.14 bits per heavy atom. The number of hydrogen-bond donors (Lipinski definition) is 2. The molecule has 2 aromatic carbocycles. The zero-order valence-corrected chi connectivity index (χ0v) is 12.0. The fraction of sp³-hybridized carbons (Fsp3) is 0.125. The van der Waals surface area contributed by atoms with E-state index in [0.717, 1.165) is 11.3 Å². The summed E-state index contributed by atoms with van der Waals surface area (Å²) in [5, 5.41) is 14.9. The number of para-hydroxylation sites is 1. The van der Waals surface area contributed by atoms with Gasteiger partial charge in [0.05, 0.1) is 29.7 Å². The van der Waals surface area contributed by atoms with Crippen molar-refractivity contribution in [3.8, 4) is 6.07 Å². The van der Waals surface area contributed by atoms with Gasteiger partial charge in [0, 0.05) is 5.69 Å². The quantitative estimate of drug-likeness (QED) is 0.888. The molecule has 0 heterocycles. The Morgan fingerprint density at radius 2 is 1.86 bits per heavy atom. The van der Waals surface area contributed by atoms with Gasteiger partial charge in [-0.05, 0) is 29.8 Å². The van der Waals surface area contributed by atoms with Crippen LogP contribution in [0.3, 0.4) is 0 Å². The molecule has 2 N–H and O–H groups in total. The van der Waals surface area contributed by atoms with E-state index in [9.17, 15) is 4.79 Å². The summed E-state index contributed by atoms with van der Waals surface area (Å²) in [6, 6.07) is 16.5. The number of benzene rings is 2. The van der Waals surface area contributed by atoms with Crippen LogP contribution in [0.5, 0.6) is 0 Å². The molecule has 5 heteroatoms. The number of carbonyl (C=O) groups excluding carboxylic acids is 1. The molecule has 0 atom stereocenters. The summed E-state index contributed by atoms with van der Waals surface area (Å²) in [6.07, 6.45) is 0.363. The Morgan fingerprint density at radius 3 is 2.52 bits per heavy atom. The van der Waals surface area contributed by atoms with Gasteiger partial charge in [0.25, 0.3) is 0 Å². The van der Waals surface area contributed by atoms with Crippen molar-refractivity contribution in [2.24, 2.45) is 0 Å². The molecular formula is C16H14ClN3O. The lowest BCUT2D eigenvalue weighted by molar-refractivity contribution is -0.114. The molecule has 21 heavy (non-hydrogen) atoms. The number of rotatable bonds is 5. The molecule has 0 aliphatic heterocycles. The fourth-order valence-corrected chi connectivity index (χ4v) is 1.99. The summed E-state index contributed by atoms with van der Waals surface area (Å²) in [5.74, 6) is -0.164. The number of anilines is 2. The van der Waals surface area contributed by atoms with Crippen LogP contribution < -0.4 is 10.6 Å². The minimum atomic E-state index is -0.164. The van der Waals surface area contributed by atoms with Gasteiger partial charge in [-0.2, -0.15) is 5.26 Å². The van der Waals surface area contributed by atoms with Crippen LogP contribution in [0.2, 0.25) is 5.02 Å². The maximum atomic E-state index is 11.8. The monoisotopic (exact) mass is 299 g/mol. The largest absolute Gasteiger partial charge is 0.375 e. The Bertz CT molecular complexity index is 662. The average Bonchev–Trinajstić information content (AvgIpc) is 2.49. The molecule has 2 aromatic rings. The van der Waals surface area contributed by atoms with Gasteiger partial charge < -0.3 is 10.6 Å². The van der Waals surface area contributed by atoms with Crippen LogP contribution in [0.25, 0.3) is 0 Å². The molecular weight excluding hydrogens is 286 g/mol. The van der Waals surface area contributed by atoms with Crippen LogP contribution in [0.15, 0.2) is 48.5 Å². The van der Waals surface area contributed by atoms with E-state index in [2.05, 4.69) is 16.7 Å². The number of amides is 1. The highest BCUT2D eigenvalue weighted by Crippen LogP contribution is 2.20. The first-order valence-corrected chi connectivity index (χ1v) is 6.81. The first-order valence-electron chi connectivity index (χ1n) is 6.43. The molecule has 2 rings (SSSR count). The van der Waals surface area contributed by atoms with Crippen LogP contribution in [-0.4, -0.2) is 12.5 Å². The Balaban J connectivity index is 1.87. The predicted octanol–water partition coefficient (Wildman–Crippen LogP) is 3.46. The smallest absolute Gasteiger partial charge is 0.243 e. The van der Waals surface area contributed by atoms with Gasteiger partial charge in [0.1, 0.15) is 0 Å². The second kappa shape index (κ2) is 7.32. The van der Waals surface area contributed by atoms with E-state index in [1.165, 1.54) is 0 Å². The average molecular weight is 300 g/mol. The van der Waals surface area contributed by atoms with Crippen LogP contribution in [-0.2, 0) is 11.2 Å². The second-order valence-electron chi connectivity index (χ2n) is 4.41. The Kier molecular flexibility index (Phi) is 5.19. The molecule has 0 aliphatic carbocycles. The second-order valence-corrected chi connectivity index (χ2v) is 4.82. The first-order chi connectivity index (χ1) is 10.2. The maximum absolute atomic E-state index is 11.8. The third kappa shape index (κ3) is 4.51. The van der Waals surface area contributed by atoms with Gasteiger partial charge in [-0.3, -0.25) is 4.79 Å². The highest BCUT2D eigenvalue weighted by atomic mass is 35.5. The molecule has 0 aliphatic rings. The van der Waals surface area contributed by atoms with E-state index in [1.54, 1.807) is 18.2 Å². The van der Waals surface area contributed by atoms with Gasteiger partial charge in [0.15, 0.2) is 0 Å². The van der Waals surface area contributed by atoms with Crippen molar-refractivity contribution in [1.82, 2.24) is 0 Å². The predicted molar refractivity (Wildman–Crippen MR) is 84.3 cm³/mol. The minimum absolute atomic E-state index is 0.129. The number of nitrogens with one attached hydrogen (secondary N) is 2. The zero-order chi connectivity index (χ0) is 15.1. The molecule has 106 valence electrons. The lowest BCUT2D eigenvalue weighted by Crippen LogP contribution is -2.21. The fourth-order valence-electron chi connectivity index (χ4n) is 1.78. The summed E-state index contributed by atoms with van der Waals surface area (Å²) in [5.41, 5.74) is 2.34. The minimum Gasteiger partial charge on any atom is -0.375 e. The first kappa shape index (κ1) is 14.9. The van der Waals surface area contributed by atoms with Gasteiger partial charge in [-0.1, -0.05) is 35.9 Å². The van der Waals surface area contributed by atoms with Gasteiger partial charge in [0.2, 0.25) is 5.91 Å². The van der Waals surface area contributed by atoms with Crippen LogP contribution in [0.4, 0.5) is 11.4 Å². The van der Waals surface area contributed by atoms with Gasteiger partial charge in [-0.25, -0.2) is 0 Å². The van der Waals surface area contributed by atoms with Crippen molar-refractivity contribution in [3.05, 3.63) is 59.1 Å². The topological polar surface area (TPSA) is 64.9 Å². The Labute approximate surface area is 128 Å². The van der Waals surface area contributed by atoms with E-state index in [0.29, 0.717) is 17.1 Å². The van der Waals surface area contributed by atoms with Crippen LogP contribution in [0, 0.1) is 11.3 Å². The van der Waals surface area contributed by atoms with Crippen molar-refractivity contribution in [2.45, 2.75) is 6.42 Å². The number of carbonyl (C=O) groups is 1. The van der Waals surface area contributed by atoms with E-state index in [-0.39, 0.29) is 12.5 Å². The van der Waals surface area contributed by atoms with Crippen molar-refractivity contribution < 1.29 is 4.79 Å². The van der Waals surface area contributed by atoms with Crippen LogP contribution >= 0.6 is 11.6 Å². The molecule has 1 amide bonds. The van der Waals surface area contributed by atoms with E-state index in [1.807, 2.05) is 30.3 Å². The van der Waals surface area contributed by atoms with Crippen molar-refractivity contribution in [2.75, 3.05) is 17.2 Å². The highest BCUT2D eigenvalue weighted by molar-refractivity contribution is 6.33. The summed E-state index contributed by atoms with van der Waals surface area (Å²) >= 11 is 5.99. The summed E-state index contributed by atoms with van der Waals surface area (Å²) in [6.45, 7) is 0.129. The molecule has 0 saturated carbocycles. The summed E-state index contributed by atoms with van der Waals surface area (Å²) in [7, 11) is 0. The molecule has 0 fully saturated rings. The SMILES string of the molecule is N#CCc1ccc(NC(=O)CNc2ccccc2Cl)cc1. The number of nitriles is 1. The lowest BCUT2D eigenvalue weighted by Gasteiger charge is -2.09. The third-order valence-electron chi connectivity index (χ3n) is 2.83. The van der Waals surface area contributed by atoms with Crippen molar-refractivity contribution >= 4 is 28.9 Å².